The smallest absolute Gasteiger partial charge is 0.309 e. The highest BCUT2D eigenvalue weighted by Gasteiger charge is 2.44. The van der Waals surface area contributed by atoms with Gasteiger partial charge in [-0.15, -0.1) is 0 Å². The van der Waals surface area contributed by atoms with E-state index in [1.165, 1.54) is 6.42 Å². The van der Waals surface area contributed by atoms with Crippen LogP contribution in [-0.4, -0.2) is 85.6 Å². The highest BCUT2D eigenvalue weighted by atomic mass is 19.4. The number of ketones is 1. The van der Waals surface area contributed by atoms with Crippen molar-refractivity contribution in [2.75, 3.05) is 46.8 Å². The molecule has 2 heterocycles. The number of piperidine rings is 2. The normalized spacial score (nSPS) is 27.5. The van der Waals surface area contributed by atoms with E-state index in [0.29, 0.717) is 49.9 Å². The molecule has 0 amide bonds. The van der Waals surface area contributed by atoms with Crippen molar-refractivity contribution in [2.24, 2.45) is 17.8 Å². The number of Topliss-reactive ketones (excluding diaryl/α,β-unsaturated/α-hetero) is 1. The summed E-state index contributed by atoms with van der Waals surface area (Å²) in [5, 5.41) is 0. The summed E-state index contributed by atoms with van der Waals surface area (Å²) in [5.74, 6) is -1.10. The molecule has 0 aromatic rings. The van der Waals surface area contributed by atoms with Crippen LogP contribution in [-0.2, 0) is 4.79 Å². The number of alkyl halides is 3. The third-order valence-corrected chi connectivity index (χ3v) is 6.48. The van der Waals surface area contributed by atoms with Crippen molar-refractivity contribution in [3.63, 3.8) is 0 Å². The topological polar surface area (TPSA) is 26.8 Å². The van der Waals surface area contributed by atoms with Gasteiger partial charge in [0.25, 0.3) is 0 Å². The van der Waals surface area contributed by atoms with Crippen LogP contribution in [0.1, 0.15) is 46.5 Å². The van der Waals surface area contributed by atoms with Crippen molar-refractivity contribution in [1.82, 2.24) is 14.7 Å². The van der Waals surface area contributed by atoms with Crippen LogP contribution in [0.15, 0.2) is 0 Å². The molecule has 3 unspecified atom stereocenters. The fraction of sp³-hybridized carbons (Fsp3) is 0.952. The van der Waals surface area contributed by atoms with Crippen LogP contribution in [0.3, 0.4) is 0 Å². The summed E-state index contributed by atoms with van der Waals surface area (Å²) in [7, 11) is 4.25. The van der Waals surface area contributed by atoms with E-state index in [2.05, 4.69) is 49.6 Å². The molecule has 2 rings (SSSR count). The summed E-state index contributed by atoms with van der Waals surface area (Å²) in [6, 6.07) is 0.881. The molecule has 28 heavy (non-hydrogen) atoms. The molecule has 2 saturated heterocycles. The molecule has 0 N–H and O–H groups in total. The van der Waals surface area contributed by atoms with Crippen LogP contribution in [0.2, 0.25) is 0 Å². The van der Waals surface area contributed by atoms with E-state index in [1.54, 1.807) is 0 Å². The highest BCUT2D eigenvalue weighted by molar-refractivity contribution is 5.86. The molecule has 2 aliphatic heterocycles. The van der Waals surface area contributed by atoms with Gasteiger partial charge in [-0.25, -0.2) is 0 Å². The van der Waals surface area contributed by atoms with Crippen molar-refractivity contribution >= 4 is 5.78 Å². The van der Waals surface area contributed by atoms with Gasteiger partial charge in [0, 0.05) is 37.6 Å². The zero-order valence-corrected chi connectivity index (χ0v) is 18.1. The second-order valence-corrected chi connectivity index (χ2v) is 9.53. The number of halogens is 3. The van der Waals surface area contributed by atoms with Crippen LogP contribution >= 0.6 is 0 Å². The van der Waals surface area contributed by atoms with Crippen LogP contribution in [0.25, 0.3) is 0 Å². The minimum Gasteiger partial charge on any atom is -0.309 e. The molecule has 7 heteroatoms. The molecule has 164 valence electrons. The van der Waals surface area contributed by atoms with Crippen LogP contribution in [0, 0.1) is 17.8 Å². The van der Waals surface area contributed by atoms with Gasteiger partial charge in [-0.1, -0.05) is 0 Å². The van der Waals surface area contributed by atoms with E-state index >= 15 is 0 Å². The Morgan fingerprint density at radius 1 is 1.04 bits per heavy atom. The van der Waals surface area contributed by atoms with Gasteiger partial charge in [0.05, 0.1) is 0 Å². The lowest BCUT2D eigenvalue weighted by molar-refractivity contribution is -0.177. The summed E-state index contributed by atoms with van der Waals surface area (Å²) in [6.45, 7) is 11.2. The largest absolute Gasteiger partial charge is 0.450 e. The first-order chi connectivity index (χ1) is 13.0. The predicted molar refractivity (Wildman–Crippen MR) is 106 cm³/mol. The fourth-order valence-electron chi connectivity index (χ4n) is 5.06. The minimum absolute atomic E-state index is 0.328. The van der Waals surface area contributed by atoms with Crippen LogP contribution in [0.5, 0.6) is 0 Å². The third kappa shape index (κ3) is 6.70. The van der Waals surface area contributed by atoms with Gasteiger partial charge >= 0.3 is 6.18 Å². The van der Waals surface area contributed by atoms with E-state index in [4.69, 9.17) is 0 Å². The van der Waals surface area contributed by atoms with E-state index in [1.807, 2.05) is 0 Å². The summed E-state index contributed by atoms with van der Waals surface area (Å²) >= 11 is 0. The molecule has 0 aromatic heterocycles. The van der Waals surface area contributed by atoms with E-state index in [9.17, 15) is 18.0 Å². The zero-order chi connectivity index (χ0) is 21.1. The number of hydrogen-bond acceptors (Lipinski definition) is 4. The first-order valence-corrected chi connectivity index (χ1v) is 10.7. The van der Waals surface area contributed by atoms with E-state index in [-0.39, 0.29) is 0 Å². The second-order valence-electron chi connectivity index (χ2n) is 9.53. The lowest BCUT2D eigenvalue weighted by Gasteiger charge is -2.43. The first kappa shape index (κ1) is 23.6. The third-order valence-electron chi connectivity index (χ3n) is 6.48. The number of likely N-dealkylation sites (tertiary alicyclic amines) is 2. The van der Waals surface area contributed by atoms with Crippen molar-refractivity contribution in [1.29, 1.82) is 0 Å². The molecule has 0 radical (unpaired) electrons. The van der Waals surface area contributed by atoms with Gasteiger partial charge in [0.2, 0.25) is 5.78 Å². The fourth-order valence-corrected chi connectivity index (χ4v) is 5.06. The van der Waals surface area contributed by atoms with Gasteiger partial charge in [0.15, 0.2) is 0 Å². The Morgan fingerprint density at radius 2 is 1.61 bits per heavy atom. The predicted octanol–water partition coefficient (Wildman–Crippen LogP) is 3.52. The second kappa shape index (κ2) is 9.90. The Morgan fingerprint density at radius 3 is 2.11 bits per heavy atom. The molecule has 0 spiro atoms. The average Bonchev–Trinajstić information content (AvgIpc) is 2.59. The van der Waals surface area contributed by atoms with E-state index < -0.39 is 17.9 Å². The maximum absolute atomic E-state index is 12.7. The van der Waals surface area contributed by atoms with Gasteiger partial charge in [-0.2, -0.15) is 13.2 Å². The van der Waals surface area contributed by atoms with Gasteiger partial charge in [-0.3, -0.25) is 4.79 Å². The monoisotopic (exact) mass is 405 g/mol. The molecule has 0 aliphatic carbocycles. The molecule has 2 aliphatic rings. The van der Waals surface area contributed by atoms with Crippen molar-refractivity contribution < 1.29 is 18.0 Å². The van der Waals surface area contributed by atoms with Crippen LogP contribution < -0.4 is 0 Å². The number of carbonyl (C=O) groups is 1. The molecule has 3 atom stereocenters. The first-order valence-electron chi connectivity index (χ1n) is 10.7. The van der Waals surface area contributed by atoms with Crippen molar-refractivity contribution in [2.45, 2.75) is 64.7 Å². The Hall–Kier alpha value is -0.660. The lowest BCUT2D eigenvalue weighted by Crippen LogP contribution is -2.49. The van der Waals surface area contributed by atoms with Crippen LogP contribution in [0.4, 0.5) is 13.2 Å². The molecule has 2 fully saturated rings. The quantitative estimate of drug-likeness (QED) is 0.648. The van der Waals surface area contributed by atoms with Crippen molar-refractivity contribution in [3.8, 4) is 0 Å². The molecule has 0 aromatic carbocycles. The highest BCUT2D eigenvalue weighted by Crippen LogP contribution is 2.31. The maximum atomic E-state index is 12.7. The van der Waals surface area contributed by atoms with Gasteiger partial charge < -0.3 is 14.7 Å². The maximum Gasteiger partial charge on any atom is 0.450 e. The van der Waals surface area contributed by atoms with E-state index in [0.717, 1.165) is 26.1 Å². The summed E-state index contributed by atoms with van der Waals surface area (Å²) in [4.78, 5) is 18.6. The molecular formula is C21H38F3N3O. The number of carbonyl (C=O) groups excluding carboxylic acids is 1. The zero-order valence-electron chi connectivity index (χ0n) is 18.1. The Kier molecular flexibility index (Phi) is 8.35. The van der Waals surface area contributed by atoms with Gasteiger partial charge in [-0.05, 0) is 85.5 Å². The summed E-state index contributed by atoms with van der Waals surface area (Å²) in [6.07, 6.45) is -1.74. The molecular weight excluding hydrogens is 367 g/mol. The molecule has 0 bridgehead atoms. The Balaban J connectivity index is 1.87. The van der Waals surface area contributed by atoms with Gasteiger partial charge in [0.1, 0.15) is 0 Å². The molecule has 4 nitrogen and oxygen atoms in total. The molecule has 0 saturated carbocycles. The average molecular weight is 406 g/mol. The lowest BCUT2D eigenvalue weighted by atomic mass is 9.83. The number of rotatable bonds is 7. The summed E-state index contributed by atoms with van der Waals surface area (Å²) < 4.78 is 38.0. The standard InChI is InChI=1S/C21H38F3N3O/c1-15(2)27-13-17(11-18(14-27)12-25(4)5)10-16(3)26-8-6-19(7-9-26)20(28)21(22,23)24/h15-19H,6-14H2,1-5H3. The van der Waals surface area contributed by atoms with Crippen molar-refractivity contribution in [3.05, 3.63) is 0 Å². The minimum atomic E-state index is -4.69. The Labute approximate surface area is 168 Å². The number of nitrogens with zero attached hydrogens (tertiary/aromatic N) is 3. The summed E-state index contributed by atoms with van der Waals surface area (Å²) in [5.41, 5.74) is 0. The number of hydrogen-bond donors (Lipinski definition) is 0. The Bertz CT molecular complexity index is 502. The SMILES string of the molecule is CC(C)N1CC(CC(C)N2CCC(C(=O)C(F)(F)F)CC2)CC(CN(C)C)C1.